The molecule has 2 N–H and O–H groups in total. The molecule has 3 atom stereocenters. The number of fused-ring (bicyclic) bond motifs is 1. The van der Waals surface area contributed by atoms with Crippen LogP contribution in [0, 0.1) is 11.8 Å². The number of rotatable bonds is 11. The lowest BCUT2D eigenvalue weighted by Gasteiger charge is -2.29. The van der Waals surface area contributed by atoms with Gasteiger partial charge in [0.2, 0.25) is 22.7 Å². The summed E-state index contributed by atoms with van der Waals surface area (Å²) in [6, 6.07) is 3.52. The van der Waals surface area contributed by atoms with E-state index in [4.69, 9.17) is 9.47 Å². The minimum Gasteiger partial charge on any atom is -0.454 e. The highest BCUT2D eigenvalue weighted by atomic mass is 32.2. The van der Waals surface area contributed by atoms with Crippen LogP contribution >= 0.6 is 0 Å². The van der Waals surface area contributed by atoms with Gasteiger partial charge < -0.3 is 19.9 Å². The molecule has 32 heavy (non-hydrogen) atoms. The van der Waals surface area contributed by atoms with Gasteiger partial charge in [-0.05, 0) is 25.0 Å². The van der Waals surface area contributed by atoms with Crippen LogP contribution in [0.25, 0.3) is 0 Å². The van der Waals surface area contributed by atoms with Gasteiger partial charge in [0.15, 0.2) is 11.5 Å². The minimum atomic E-state index is -3.97. The van der Waals surface area contributed by atoms with Gasteiger partial charge in [-0.2, -0.15) is 4.31 Å². The van der Waals surface area contributed by atoms with Gasteiger partial charge in [-0.15, -0.1) is 0 Å². The third kappa shape index (κ3) is 7.06. The Hall–Kier alpha value is -1.89. The van der Waals surface area contributed by atoms with Gasteiger partial charge in [0.25, 0.3) is 0 Å². The normalized spacial score (nSPS) is 16.8. The van der Waals surface area contributed by atoms with E-state index in [9.17, 15) is 26.7 Å². The number of ether oxygens (including phenoxy) is 2. The Bertz CT molecular complexity index is 1020. The van der Waals surface area contributed by atoms with Crippen LogP contribution < -0.4 is 14.8 Å². The first kappa shape index (κ1) is 26.4. The molecule has 0 spiro atoms. The molecule has 0 radical (unpaired) electrons. The number of nitrogens with one attached hydrogen (secondary N) is 1. The number of sulfonamides is 1. The molecular weight excluding hydrogens is 460 g/mol. The molecule has 0 aromatic heterocycles. The molecule has 0 aliphatic carbocycles. The van der Waals surface area contributed by atoms with Crippen LogP contribution in [0.15, 0.2) is 23.1 Å². The van der Waals surface area contributed by atoms with Crippen LogP contribution in [0.4, 0.5) is 0 Å². The number of benzene rings is 1. The average molecular weight is 493 g/mol. The van der Waals surface area contributed by atoms with Crippen molar-refractivity contribution >= 4 is 25.8 Å². The molecule has 0 saturated heterocycles. The fourth-order valence-corrected chi connectivity index (χ4v) is 5.92. The molecule has 0 saturated carbocycles. The largest absolute Gasteiger partial charge is 0.454 e. The summed E-state index contributed by atoms with van der Waals surface area (Å²) in [6.45, 7) is 6.64. The number of hydrogen-bond acceptors (Lipinski definition) is 8. The van der Waals surface area contributed by atoms with Crippen molar-refractivity contribution in [2.24, 2.45) is 11.8 Å². The van der Waals surface area contributed by atoms with Gasteiger partial charge in [-0.25, -0.2) is 16.8 Å². The second-order valence-electron chi connectivity index (χ2n) is 8.59. The first-order valence-electron chi connectivity index (χ1n) is 10.3. The molecule has 1 aromatic carbocycles. The van der Waals surface area contributed by atoms with Crippen LogP contribution in [-0.4, -0.2) is 76.2 Å². The molecule has 1 aliphatic rings. The fourth-order valence-electron chi connectivity index (χ4n) is 3.22. The zero-order valence-electron chi connectivity index (χ0n) is 18.9. The first-order chi connectivity index (χ1) is 14.7. The summed E-state index contributed by atoms with van der Waals surface area (Å²) in [5, 5.41) is 13.2. The molecule has 1 aromatic rings. The number of nitrogens with zero attached hydrogens (tertiary/aromatic N) is 1. The van der Waals surface area contributed by atoms with E-state index >= 15 is 0 Å². The highest BCUT2D eigenvalue weighted by molar-refractivity contribution is 7.90. The number of amides is 1. The van der Waals surface area contributed by atoms with E-state index in [0.717, 1.165) is 6.26 Å². The molecule has 1 amide bonds. The van der Waals surface area contributed by atoms with E-state index in [-0.39, 0.29) is 36.4 Å². The number of sulfone groups is 1. The number of hydrogen-bond donors (Lipinski definition) is 2. The Kier molecular flexibility index (Phi) is 8.54. The first-order valence-corrected chi connectivity index (χ1v) is 13.8. The minimum absolute atomic E-state index is 0.00747. The third-order valence-corrected chi connectivity index (χ3v) is 7.82. The summed E-state index contributed by atoms with van der Waals surface area (Å²) in [6.07, 6.45) is -0.174. The van der Waals surface area contributed by atoms with E-state index < -0.39 is 43.8 Å². The smallest absolute Gasteiger partial charge is 0.243 e. The van der Waals surface area contributed by atoms with Crippen molar-refractivity contribution in [3.05, 3.63) is 18.2 Å². The van der Waals surface area contributed by atoms with Crippen molar-refractivity contribution in [1.82, 2.24) is 9.62 Å². The summed E-state index contributed by atoms with van der Waals surface area (Å²) in [5.74, 6) is -0.888. The zero-order valence-corrected chi connectivity index (χ0v) is 20.6. The maximum absolute atomic E-state index is 13.3. The molecule has 10 nitrogen and oxygen atoms in total. The Morgan fingerprint density at radius 1 is 1.09 bits per heavy atom. The maximum Gasteiger partial charge on any atom is 0.243 e. The SMILES string of the molecule is CC(C)CN(CC(O)C(C)NC(=O)C(C)CS(C)(=O)=O)S(=O)(=O)c1ccc2c(c1)OCO2. The molecule has 182 valence electrons. The summed E-state index contributed by atoms with van der Waals surface area (Å²) < 4.78 is 61.0. The van der Waals surface area contributed by atoms with Crippen LogP contribution in [0.5, 0.6) is 11.5 Å². The Balaban J connectivity index is 2.14. The molecular formula is C20H32N2O8S2. The lowest BCUT2D eigenvalue weighted by atomic mass is 10.1. The predicted octanol–water partition coefficient (Wildman–Crippen LogP) is 0.608. The van der Waals surface area contributed by atoms with E-state index in [0.29, 0.717) is 11.5 Å². The van der Waals surface area contributed by atoms with Gasteiger partial charge in [0.1, 0.15) is 9.84 Å². The Labute approximate surface area is 189 Å². The van der Waals surface area contributed by atoms with E-state index in [1.165, 1.54) is 36.4 Å². The van der Waals surface area contributed by atoms with Crippen molar-refractivity contribution < 1.29 is 36.2 Å². The van der Waals surface area contributed by atoms with Gasteiger partial charge >= 0.3 is 0 Å². The van der Waals surface area contributed by atoms with Gasteiger partial charge in [-0.3, -0.25) is 4.79 Å². The average Bonchev–Trinajstić information content (AvgIpc) is 3.13. The van der Waals surface area contributed by atoms with E-state index in [1.54, 1.807) is 0 Å². The molecule has 1 aliphatic heterocycles. The summed E-state index contributed by atoms with van der Waals surface area (Å²) >= 11 is 0. The van der Waals surface area contributed by atoms with E-state index in [1.807, 2.05) is 13.8 Å². The highest BCUT2D eigenvalue weighted by Gasteiger charge is 2.31. The Morgan fingerprint density at radius 3 is 2.31 bits per heavy atom. The monoisotopic (exact) mass is 492 g/mol. The van der Waals surface area contributed by atoms with Crippen LogP contribution in [0.1, 0.15) is 27.7 Å². The standard InChI is InChI=1S/C20H32N2O8S2/c1-13(2)9-22(32(27,28)16-6-7-18-19(8-16)30-12-29-18)10-17(23)15(4)21-20(24)14(3)11-31(5,25)26/h6-8,13-15,17,23H,9-12H2,1-5H3,(H,21,24). The quantitative estimate of drug-likeness (QED) is 0.458. The molecule has 0 fully saturated rings. The van der Waals surface area contributed by atoms with Crippen molar-refractivity contribution in [3.63, 3.8) is 0 Å². The molecule has 1 heterocycles. The number of carbonyl (C=O) groups is 1. The molecule has 12 heteroatoms. The lowest BCUT2D eigenvalue weighted by Crippen LogP contribution is -2.50. The predicted molar refractivity (Wildman–Crippen MR) is 119 cm³/mol. The molecule has 0 bridgehead atoms. The molecule has 3 unspecified atom stereocenters. The highest BCUT2D eigenvalue weighted by Crippen LogP contribution is 2.34. The van der Waals surface area contributed by atoms with Gasteiger partial charge in [0, 0.05) is 31.3 Å². The van der Waals surface area contributed by atoms with Crippen molar-refractivity contribution in [2.45, 2.75) is 44.7 Å². The van der Waals surface area contributed by atoms with E-state index in [2.05, 4.69) is 5.32 Å². The zero-order chi connectivity index (χ0) is 24.3. The van der Waals surface area contributed by atoms with Crippen LogP contribution in [0.2, 0.25) is 0 Å². The topological polar surface area (TPSA) is 139 Å². The van der Waals surface area contributed by atoms with Gasteiger partial charge in [-0.1, -0.05) is 20.8 Å². The molecule has 2 rings (SSSR count). The summed E-state index contributed by atoms with van der Waals surface area (Å²) in [7, 11) is -7.31. The van der Waals surface area contributed by atoms with Gasteiger partial charge in [0.05, 0.1) is 22.8 Å². The van der Waals surface area contributed by atoms with Crippen molar-refractivity contribution in [2.75, 3.05) is 31.9 Å². The van der Waals surface area contributed by atoms with Crippen molar-refractivity contribution in [1.29, 1.82) is 0 Å². The van der Waals surface area contributed by atoms with Crippen LogP contribution in [0.3, 0.4) is 0 Å². The lowest BCUT2D eigenvalue weighted by molar-refractivity contribution is -0.125. The number of aliphatic hydroxyl groups excluding tert-OH is 1. The third-order valence-electron chi connectivity index (χ3n) is 4.89. The summed E-state index contributed by atoms with van der Waals surface area (Å²) in [5.41, 5.74) is 0. The second kappa shape index (κ2) is 10.4. The van der Waals surface area contributed by atoms with Crippen molar-refractivity contribution in [3.8, 4) is 11.5 Å². The number of carbonyl (C=O) groups excluding carboxylic acids is 1. The number of aliphatic hydroxyl groups is 1. The second-order valence-corrected chi connectivity index (χ2v) is 12.7. The fraction of sp³-hybridized carbons (Fsp3) is 0.650. The Morgan fingerprint density at radius 2 is 1.72 bits per heavy atom. The van der Waals surface area contributed by atoms with Crippen LogP contribution in [-0.2, 0) is 24.7 Å². The maximum atomic E-state index is 13.3. The summed E-state index contributed by atoms with van der Waals surface area (Å²) in [4.78, 5) is 12.3.